The SMILES string of the molecule is COc1ccc(OC)c(NC(=O)[C@H](C)Sc2cc(-c3ccccc3)ncn2)c1. The van der Waals surface area contributed by atoms with Gasteiger partial charge in [-0.25, -0.2) is 9.97 Å². The number of hydrogen-bond donors (Lipinski definition) is 1. The van der Waals surface area contributed by atoms with Gasteiger partial charge in [0.2, 0.25) is 5.91 Å². The molecule has 0 fully saturated rings. The van der Waals surface area contributed by atoms with Gasteiger partial charge >= 0.3 is 0 Å². The van der Waals surface area contributed by atoms with Gasteiger partial charge in [-0.2, -0.15) is 0 Å². The van der Waals surface area contributed by atoms with E-state index in [2.05, 4.69) is 15.3 Å². The van der Waals surface area contributed by atoms with Crippen LogP contribution < -0.4 is 14.8 Å². The van der Waals surface area contributed by atoms with Crippen molar-refractivity contribution < 1.29 is 14.3 Å². The van der Waals surface area contributed by atoms with Crippen LogP contribution in [0.3, 0.4) is 0 Å². The average molecular weight is 395 g/mol. The molecule has 0 spiro atoms. The number of methoxy groups -OCH3 is 2. The van der Waals surface area contributed by atoms with Gasteiger partial charge in [-0.1, -0.05) is 42.1 Å². The Morgan fingerprint density at radius 2 is 1.82 bits per heavy atom. The van der Waals surface area contributed by atoms with Gasteiger partial charge in [0.1, 0.15) is 22.9 Å². The van der Waals surface area contributed by atoms with Crippen LogP contribution in [0.15, 0.2) is 66.0 Å². The number of amides is 1. The molecule has 3 rings (SSSR count). The summed E-state index contributed by atoms with van der Waals surface area (Å²) in [7, 11) is 3.13. The summed E-state index contributed by atoms with van der Waals surface area (Å²) in [5.41, 5.74) is 2.39. The topological polar surface area (TPSA) is 73.3 Å². The number of thioether (sulfide) groups is 1. The molecule has 144 valence electrons. The summed E-state index contributed by atoms with van der Waals surface area (Å²) >= 11 is 1.37. The summed E-state index contributed by atoms with van der Waals surface area (Å²) in [5.74, 6) is 1.05. The first-order chi connectivity index (χ1) is 13.6. The zero-order valence-corrected chi connectivity index (χ0v) is 16.7. The number of carbonyl (C=O) groups excluding carboxylic acids is 1. The molecule has 0 radical (unpaired) electrons. The fourth-order valence-corrected chi connectivity index (χ4v) is 3.37. The molecule has 0 saturated carbocycles. The Morgan fingerprint density at radius 1 is 1.04 bits per heavy atom. The van der Waals surface area contributed by atoms with Gasteiger partial charge in [-0.15, -0.1) is 0 Å². The van der Waals surface area contributed by atoms with Crippen LogP contribution in [0.2, 0.25) is 0 Å². The first-order valence-corrected chi connectivity index (χ1v) is 9.55. The van der Waals surface area contributed by atoms with Crippen molar-refractivity contribution in [2.24, 2.45) is 0 Å². The third-order valence-corrected chi connectivity index (χ3v) is 5.08. The van der Waals surface area contributed by atoms with Crippen molar-refractivity contribution in [2.75, 3.05) is 19.5 Å². The molecule has 28 heavy (non-hydrogen) atoms. The molecule has 1 N–H and O–H groups in total. The fraction of sp³-hybridized carbons (Fsp3) is 0.190. The van der Waals surface area contributed by atoms with E-state index in [0.717, 1.165) is 16.3 Å². The second-order valence-electron chi connectivity index (χ2n) is 5.92. The number of rotatable bonds is 7. The second kappa shape index (κ2) is 9.23. The highest BCUT2D eigenvalue weighted by Gasteiger charge is 2.18. The van der Waals surface area contributed by atoms with E-state index >= 15 is 0 Å². The molecular formula is C21H21N3O3S. The molecule has 7 heteroatoms. The van der Waals surface area contributed by atoms with Crippen molar-refractivity contribution in [1.82, 2.24) is 9.97 Å². The number of aromatic nitrogens is 2. The molecule has 0 saturated heterocycles. The molecule has 0 aliphatic carbocycles. The maximum absolute atomic E-state index is 12.7. The third-order valence-electron chi connectivity index (χ3n) is 4.04. The highest BCUT2D eigenvalue weighted by Crippen LogP contribution is 2.31. The first kappa shape index (κ1) is 19.7. The quantitative estimate of drug-likeness (QED) is 0.475. The number of hydrogen-bond acceptors (Lipinski definition) is 6. The summed E-state index contributed by atoms with van der Waals surface area (Å²) < 4.78 is 10.5. The number of carbonyl (C=O) groups is 1. The van der Waals surface area contributed by atoms with Crippen LogP contribution >= 0.6 is 11.8 Å². The van der Waals surface area contributed by atoms with E-state index in [1.54, 1.807) is 32.4 Å². The van der Waals surface area contributed by atoms with Gasteiger partial charge in [0, 0.05) is 11.6 Å². The van der Waals surface area contributed by atoms with Crippen LogP contribution in [0, 0.1) is 0 Å². The lowest BCUT2D eigenvalue weighted by Gasteiger charge is -2.15. The van der Waals surface area contributed by atoms with E-state index in [9.17, 15) is 4.79 Å². The lowest BCUT2D eigenvalue weighted by Crippen LogP contribution is -2.22. The predicted molar refractivity (Wildman–Crippen MR) is 111 cm³/mol. The molecule has 0 bridgehead atoms. The number of benzene rings is 2. The highest BCUT2D eigenvalue weighted by molar-refractivity contribution is 8.00. The Morgan fingerprint density at radius 3 is 2.54 bits per heavy atom. The number of nitrogens with one attached hydrogen (secondary N) is 1. The van der Waals surface area contributed by atoms with Crippen molar-refractivity contribution in [3.05, 3.63) is 60.9 Å². The Kier molecular flexibility index (Phi) is 6.49. The van der Waals surface area contributed by atoms with Crippen LogP contribution in [-0.2, 0) is 4.79 Å². The zero-order chi connectivity index (χ0) is 19.9. The Labute approximate surface area is 168 Å². The molecule has 3 aromatic rings. The number of nitrogens with zero attached hydrogens (tertiary/aromatic N) is 2. The number of anilines is 1. The Hall–Kier alpha value is -3.06. The van der Waals surface area contributed by atoms with E-state index < -0.39 is 0 Å². The van der Waals surface area contributed by atoms with Gasteiger partial charge in [0.05, 0.1) is 30.9 Å². The fourth-order valence-electron chi connectivity index (χ4n) is 2.55. The molecule has 1 amide bonds. The van der Waals surface area contributed by atoms with E-state index in [0.29, 0.717) is 17.2 Å². The highest BCUT2D eigenvalue weighted by atomic mass is 32.2. The molecular weight excluding hydrogens is 374 g/mol. The molecule has 0 unspecified atom stereocenters. The van der Waals surface area contributed by atoms with E-state index in [4.69, 9.17) is 9.47 Å². The monoisotopic (exact) mass is 395 g/mol. The summed E-state index contributed by atoms with van der Waals surface area (Å²) in [6, 6.07) is 17.0. The maximum atomic E-state index is 12.7. The van der Waals surface area contributed by atoms with Crippen LogP contribution in [0.1, 0.15) is 6.92 Å². The molecule has 2 aromatic carbocycles. The Bertz CT molecular complexity index is 951. The first-order valence-electron chi connectivity index (χ1n) is 8.67. The zero-order valence-electron chi connectivity index (χ0n) is 15.9. The summed E-state index contributed by atoms with van der Waals surface area (Å²) in [6.45, 7) is 1.83. The van der Waals surface area contributed by atoms with Crippen molar-refractivity contribution in [3.8, 4) is 22.8 Å². The molecule has 1 aromatic heterocycles. The van der Waals surface area contributed by atoms with Crippen molar-refractivity contribution >= 4 is 23.4 Å². The van der Waals surface area contributed by atoms with Crippen LogP contribution in [-0.4, -0.2) is 35.3 Å². The van der Waals surface area contributed by atoms with E-state index in [-0.39, 0.29) is 11.2 Å². The van der Waals surface area contributed by atoms with Crippen molar-refractivity contribution in [1.29, 1.82) is 0 Å². The van der Waals surface area contributed by atoms with Gasteiger partial charge in [0.25, 0.3) is 0 Å². The molecule has 6 nitrogen and oxygen atoms in total. The Balaban J connectivity index is 1.71. The average Bonchev–Trinajstić information content (AvgIpc) is 2.74. The molecule has 1 heterocycles. The van der Waals surface area contributed by atoms with Crippen LogP contribution in [0.4, 0.5) is 5.69 Å². The van der Waals surface area contributed by atoms with Crippen molar-refractivity contribution in [3.63, 3.8) is 0 Å². The van der Waals surface area contributed by atoms with Gasteiger partial charge in [-0.05, 0) is 25.1 Å². The largest absolute Gasteiger partial charge is 0.497 e. The van der Waals surface area contributed by atoms with Crippen molar-refractivity contribution in [2.45, 2.75) is 17.2 Å². The second-order valence-corrected chi connectivity index (χ2v) is 7.28. The van der Waals surface area contributed by atoms with Crippen LogP contribution in [0.25, 0.3) is 11.3 Å². The third kappa shape index (κ3) is 4.80. The molecule has 0 aliphatic rings. The summed E-state index contributed by atoms with van der Waals surface area (Å²) in [6.07, 6.45) is 1.51. The van der Waals surface area contributed by atoms with E-state index in [1.165, 1.54) is 18.1 Å². The maximum Gasteiger partial charge on any atom is 0.237 e. The van der Waals surface area contributed by atoms with Gasteiger partial charge in [-0.3, -0.25) is 4.79 Å². The lowest BCUT2D eigenvalue weighted by molar-refractivity contribution is -0.115. The van der Waals surface area contributed by atoms with Gasteiger partial charge < -0.3 is 14.8 Å². The smallest absolute Gasteiger partial charge is 0.237 e. The number of ether oxygens (including phenoxy) is 2. The minimum atomic E-state index is -0.366. The molecule has 0 aliphatic heterocycles. The normalized spacial score (nSPS) is 11.5. The van der Waals surface area contributed by atoms with E-state index in [1.807, 2.05) is 43.3 Å². The lowest BCUT2D eigenvalue weighted by atomic mass is 10.1. The molecule has 1 atom stereocenters. The van der Waals surface area contributed by atoms with Gasteiger partial charge in [0.15, 0.2) is 0 Å². The predicted octanol–water partition coefficient (Wildman–Crippen LogP) is 4.28. The minimum Gasteiger partial charge on any atom is -0.497 e. The minimum absolute atomic E-state index is 0.156. The standard InChI is InChI=1S/C21H21N3O3S/c1-14(21(25)24-18-11-16(26-2)9-10-19(18)27-3)28-20-12-17(22-13-23-20)15-7-5-4-6-8-15/h4-14H,1-3H3,(H,24,25)/t14-/m0/s1. The van der Waals surface area contributed by atoms with Crippen LogP contribution in [0.5, 0.6) is 11.5 Å². The summed E-state index contributed by atoms with van der Waals surface area (Å²) in [5, 5.41) is 3.26. The summed E-state index contributed by atoms with van der Waals surface area (Å²) in [4.78, 5) is 21.3.